The molecule has 0 saturated carbocycles. The summed E-state index contributed by atoms with van der Waals surface area (Å²) < 4.78 is 5.97. The van der Waals surface area contributed by atoms with Gasteiger partial charge < -0.3 is 9.73 Å². The molecule has 4 aromatic rings. The normalized spacial score (nSPS) is 11.0. The van der Waals surface area contributed by atoms with Crippen molar-refractivity contribution >= 4 is 34.3 Å². The van der Waals surface area contributed by atoms with E-state index in [2.05, 4.69) is 16.4 Å². The first-order valence-electron chi connectivity index (χ1n) is 8.96. The van der Waals surface area contributed by atoms with Crippen molar-refractivity contribution in [1.29, 1.82) is 0 Å². The number of carbonyl (C=O) groups is 1. The van der Waals surface area contributed by atoms with Crippen LogP contribution < -0.4 is 5.32 Å². The number of aryl methyl sites for hydroxylation is 3. The van der Waals surface area contributed by atoms with Crippen LogP contribution >= 0.6 is 11.6 Å². The molecule has 0 bridgehead atoms. The molecule has 0 fully saturated rings. The lowest BCUT2D eigenvalue weighted by atomic mass is 10.1. The fourth-order valence-electron chi connectivity index (χ4n) is 3.17. The van der Waals surface area contributed by atoms with Crippen LogP contribution in [0.1, 0.15) is 27.0 Å². The van der Waals surface area contributed by atoms with Gasteiger partial charge in [0.2, 0.25) is 5.89 Å². The van der Waals surface area contributed by atoms with Crippen LogP contribution in [0.25, 0.3) is 22.6 Å². The number of rotatable bonds is 3. The molecule has 0 radical (unpaired) electrons. The number of fused-ring (bicyclic) bond motifs is 1. The molecule has 140 valence electrons. The van der Waals surface area contributed by atoms with E-state index in [4.69, 9.17) is 16.0 Å². The molecule has 0 aliphatic carbocycles. The van der Waals surface area contributed by atoms with E-state index in [1.165, 1.54) is 0 Å². The van der Waals surface area contributed by atoms with Gasteiger partial charge in [0.25, 0.3) is 5.91 Å². The van der Waals surface area contributed by atoms with Gasteiger partial charge in [-0.2, -0.15) is 0 Å². The van der Waals surface area contributed by atoms with E-state index in [0.29, 0.717) is 22.2 Å². The van der Waals surface area contributed by atoms with Crippen LogP contribution in [0.15, 0.2) is 59.0 Å². The largest absolute Gasteiger partial charge is 0.436 e. The molecule has 0 unspecified atom stereocenters. The Morgan fingerprint density at radius 1 is 1.00 bits per heavy atom. The molecule has 28 heavy (non-hydrogen) atoms. The Morgan fingerprint density at radius 3 is 2.61 bits per heavy atom. The lowest BCUT2D eigenvalue weighted by Gasteiger charge is -2.07. The van der Waals surface area contributed by atoms with Crippen molar-refractivity contribution in [1.82, 2.24) is 4.98 Å². The molecule has 1 aromatic heterocycles. The highest BCUT2D eigenvalue weighted by Gasteiger charge is 2.13. The number of hydrogen-bond donors (Lipinski definition) is 1. The van der Waals surface area contributed by atoms with Crippen LogP contribution in [0.4, 0.5) is 5.69 Å². The second kappa shape index (κ2) is 7.13. The summed E-state index contributed by atoms with van der Waals surface area (Å²) in [5.74, 6) is 0.307. The van der Waals surface area contributed by atoms with Gasteiger partial charge in [0, 0.05) is 21.8 Å². The highest BCUT2D eigenvalue weighted by Crippen LogP contribution is 2.29. The number of aromatic nitrogens is 1. The van der Waals surface area contributed by atoms with Crippen molar-refractivity contribution in [3.63, 3.8) is 0 Å². The summed E-state index contributed by atoms with van der Waals surface area (Å²) in [7, 11) is 0. The Bertz CT molecular complexity index is 1210. The number of nitrogens with one attached hydrogen (secondary N) is 1. The molecule has 3 aromatic carbocycles. The van der Waals surface area contributed by atoms with Crippen molar-refractivity contribution in [3.8, 4) is 11.5 Å². The standard InChI is InChI=1S/C23H19ClN2O2/c1-13-9-15(3)21-20(10-13)26-23(28-21)17-5-4-6-18(11-17)25-22(27)16-8-7-14(2)19(24)12-16/h4-12H,1-3H3,(H,25,27). The highest BCUT2D eigenvalue weighted by atomic mass is 35.5. The van der Waals surface area contributed by atoms with Crippen molar-refractivity contribution in [3.05, 3.63) is 81.9 Å². The third kappa shape index (κ3) is 3.51. The zero-order valence-electron chi connectivity index (χ0n) is 15.8. The average molecular weight is 391 g/mol. The molecule has 0 aliphatic heterocycles. The molecule has 4 nitrogen and oxygen atoms in total. The van der Waals surface area contributed by atoms with E-state index >= 15 is 0 Å². The highest BCUT2D eigenvalue weighted by molar-refractivity contribution is 6.31. The van der Waals surface area contributed by atoms with Gasteiger partial charge in [0.05, 0.1) is 0 Å². The summed E-state index contributed by atoms with van der Waals surface area (Å²) in [5.41, 5.74) is 6.70. The summed E-state index contributed by atoms with van der Waals surface area (Å²) in [4.78, 5) is 17.1. The third-order valence-electron chi connectivity index (χ3n) is 4.62. The van der Waals surface area contributed by atoms with Crippen molar-refractivity contribution < 1.29 is 9.21 Å². The maximum atomic E-state index is 12.5. The molecule has 0 aliphatic rings. The lowest BCUT2D eigenvalue weighted by molar-refractivity contribution is 0.102. The van der Waals surface area contributed by atoms with E-state index < -0.39 is 0 Å². The van der Waals surface area contributed by atoms with E-state index in [0.717, 1.165) is 33.4 Å². The van der Waals surface area contributed by atoms with Crippen molar-refractivity contribution in [2.24, 2.45) is 0 Å². The quantitative estimate of drug-likeness (QED) is 0.445. The zero-order chi connectivity index (χ0) is 19.8. The maximum absolute atomic E-state index is 12.5. The van der Waals surface area contributed by atoms with E-state index in [-0.39, 0.29) is 5.91 Å². The molecule has 0 saturated heterocycles. The molecule has 0 spiro atoms. The van der Waals surface area contributed by atoms with Gasteiger partial charge in [0.15, 0.2) is 5.58 Å². The second-order valence-corrected chi connectivity index (χ2v) is 7.36. The van der Waals surface area contributed by atoms with Crippen LogP contribution in [0.2, 0.25) is 5.02 Å². The van der Waals surface area contributed by atoms with Gasteiger partial charge in [-0.1, -0.05) is 29.8 Å². The minimum Gasteiger partial charge on any atom is -0.436 e. The number of benzene rings is 3. The zero-order valence-corrected chi connectivity index (χ0v) is 16.6. The van der Waals surface area contributed by atoms with Crippen molar-refractivity contribution in [2.45, 2.75) is 20.8 Å². The number of amides is 1. The fraction of sp³-hybridized carbons (Fsp3) is 0.130. The van der Waals surface area contributed by atoms with Gasteiger partial charge in [-0.05, 0) is 73.9 Å². The first-order valence-corrected chi connectivity index (χ1v) is 9.34. The molecule has 4 rings (SSSR count). The predicted molar refractivity (Wildman–Crippen MR) is 113 cm³/mol. The van der Waals surface area contributed by atoms with Gasteiger partial charge in [0.1, 0.15) is 5.52 Å². The van der Waals surface area contributed by atoms with Gasteiger partial charge in [-0.25, -0.2) is 4.98 Å². The summed E-state index contributed by atoms with van der Waals surface area (Å²) in [6.45, 7) is 5.94. The topological polar surface area (TPSA) is 55.1 Å². The molecular weight excluding hydrogens is 372 g/mol. The summed E-state index contributed by atoms with van der Waals surface area (Å²) in [6.07, 6.45) is 0. The van der Waals surface area contributed by atoms with Gasteiger partial charge in [-0.3, -0.25) is 4.79 Å². The Labute approximate surface area is 168 Å². The average Bonchev–Trinajstić information content (AvgIpc) is 3.08. The summed E-state index contributed by atoms with van der Waals surface area (Å²) in [6, 6.07) is 16.8. The molecule has 5 heteroatoms. The van der Waals surface area contributed by atoms with Crippen LogP contribution in [0.3, 0.4) is 0 Å². The Morgan fingerprint density at radius 2 is 1.82 bits per heavy atom. The number of nitrogens with zero attached hydrogens (tertiary/aromatic N) is 1. The smallest absolute Gasteiger partial charge is 0.255 e. The van der Waals surface area contributed by atoms with Crippen molar-refractivity contribution in [2.75, 3.05) is 5.32 Å². The van der Waals surface area contributed by atoms with E-state index in [1.54, 1.807) is 12.1 Å². The van der Waals surface area contributed by atoms with Crippen LogP contribution in [-0.4, -0.2) is 10.9 Å². The maximum Gasteiger partial charge on any atom is 0.255 e. The number of carbonyl (C=O) groups excluding carboxylic acids is 1. The first kappa shape index (κ1) is 18.3. The Kier molecular flexibility index (Phi) is 4.65. The molecule has 0 atom stereocenters. The monoisotopic (exact) mass is 390 g/mol. The van der Waals surface area contributed by atoms with Crippen LogP contribution in [0.5, 0.6) is 0 Å². The van der Waals surface area contributed by atoms with Gasteiger partial charge >= 0.3 is 0 Å². The van der Waals surface area contributed by atoms with E-state index in [1.807, 2.05) is 57.2 Å². The van der Waals surface area contributed by atoms with Crippen LogP contribution in [-0.2, 0) is 0 Å². The Balaban J connectivity index is 1.63. The van der Waals surface area contributed by atoms with Crippen LogP contribution in [0, 0.1) is 20.8 Å². The minimum atomic E-state index is -0.219. The molecule has 1 N–H and O–H groups in total. The number of anilines is 1. The summed E-state index contributed by atoms with van der Waals surface area (Å²) >= 11 is 6.13. The minimum absolute atomic E-state index is 0.219. The van der Waals surface area contributed by atoms with Gasteiger partial charge in [-0.15, -0.1) is 0 Å². The first-order chi connectivity index (χ1) is 13.4. The third-order valence-corrected chi connectivity index (χ3v) is 5.03. The number of oxazole rings is 1. The summed E-state index contributed by atoms with van der Waals surface area (Å²) in [5, 5.41) is 3.47. The number of hydrogen-bond acceptors (Lipinski definition) is 3. The fourth-order valence-corrected chi connectivity index (χ4v) is 3.35. The molecule has 1 heterocycles. The SMILES string of the molecule is Cc1cc(C)c2oc(-c3cccc(NC(=O)c4ccc(C)c(Cl)c4)c3)nc2c1. The van der Waals surface area contributed by atoms with E-state index in [9.17, 15) is 4.79 Å². The second-order valence-electron chi connectivity index (χ2n) is 6.95. The predicted octanol–water partition coefficient (Wildman–Crippen LogP) is 6.33. The Hall–Kier alpha value is -3.11. The molecule has 1 amide bonds. The lowest BCUT2D eigenvalue weighted by Crippen LogP contribution is -2.11. The number of halogens is 1. The molecular formula is C23H19ClN2O2.